The Hall–Kier alpha value is -0.610. The molecule has 0 aromatic carbocycles. The fraction of sp³-hybridized carbons (Fsp3) is 0.947. The number of rotatable bonds is 8. The zero-order valence-electron chi connectivity index (χ0n) is 18.6. The van der Waals surface area contributed by atoms with Crippen molar-refractivity contribution in [2.75, 3.05) is 19.0 Å². The van der Waals surface area contributed by atoms with Crippen molar-refractivity contribution in [1.29, 1.82) is 0 Å². The molecule has 2 saturated carbocycles. The van der Waals surface area contributed by atoms with Crippen molar-refractivity contribution in [2.24, 2.45) is 28.4 Å². The molecule has 8 nitrogen and oxygen atoms in total. The zero-order chi connectivity index (χ0) is 23.6. The summed E-state index contributed by atoms with van der Waals surface area (Å²) in [5.41, 5.74) is 0.963. The Morgan fingerprint density at radius 1 is 1.29 bits per heavy atom. The molecule has 1 saturated heterocycles. The van der Waals surface area contributed by atoms with Gasteiger partial charge in [0.2, 0.25) is 10.0 Å². The van der Waals surface area contributed by atoms with Crippen molar-refractivity contribution >= 4 is 23.5 Å². The average molecular weight is 487 g/mol. The van der Waals surface area contributed by atoms with Crippen LogP contribution in [0.1, 0.15) is 53.9 Å². The molecule has 0 aromatic heterocycles. The van der Waals surface area contributed by atoms with Crippen LogP contribution in [0.5, 0.6) is 0 Å². The first-order valence-electron chi connectivity index (χ1n) is 10.7. The minimum Gasteiger partial charge on any atom is -0.319 e. The van der Waals surface area contributed by atoms with E-state index in [0.29, 0.717) is 12.8 Å². The van der Waals surface area contributed by atoms with Gasteiger partial charge in [-0.3, -0.25) is 9.36 Å². The lowest BCUT2D eigenvalue weighted by molar-refractivity contribution is -0.134. The second-order valence-corrected chi connectivity index (χ2v) is 13.4. The van der Waals surface area contributed by atoms with Crippen LogP contribution >= 0.6 is 7.60 Å². The predicted molar refractivity (Wildman–Crippen MR) is 111 cm³/mol. The summed E-state index contributed by atoms with van der Waals surface area (Å²) in [6.45, 7) is 7.22. The monoisotopic (exact) mass is 486 g/mol. The Labute approximate surface area is 182 Å². The standard InChI is InChI=1S/C19H33F2N2O6PS/c1-6-28-30(25,29-7-2)19(20,21)12(3)15(22)16(24)23-14-10-13-8-9-18(14,17(13,4)5)11-31(23,26)27/h12-15H,6-11,22H2,1-5H3/t12-,13-,14+,15-,18-/m0/s1. The van der Waals surface area contributed by atoms with E-state index in [4.69, 9.17) is 14.8 Å². The lowest BCUT2D eigenvalue weighted by Gasteiger charge is -2.38. The third-order valence-electron chi connectivity index (χ3n) is 7.96. The fourth-order valence-corrected chi connectivity index (χ4v) is 10.3. The summed E-state index contributed by atoms with van der Waals surface area (Å²) in [6.07, 6.45) is 2.06. The third-order valence-corrected chi connectivity index (χ3v) is 12.2. The summed E-state index contributed by atoms with van der Waals surface area (Å²) in [4.78, 5) is 13.2. The summed E-state index contributed by atoms with van der Waals surface area (Å²) in [5.74, 6) is -2.98. The minimum absolute atomic E-state index is 0.187. The normalized spacial score (nSPS) is 33.4. The molecule has 180 valence electrons. The molecule has 5 atom stereocenters. The third kappa shape index (κ3) is 3.33. The Bertz CT molecular complexity index is 888. The fourth-order valence-electron chi connectivity index (χ4n) is 5.95. The number of hydrogen-bond acceptors (Lipinski definition) is 7. The van der Waals surface area contributed by atoms with Crippen LogP contribution in [0.15, 0.2) is 0 Å². The Balaban J connectivity index is 1.91. The summed E-state index contributed by atoms with van der Waals surface area (Å²) in [7, 11) is -8.94. The Morgan fingerprint density at radius 3 is 2.32 bits per heavy atom. The first-order chi connectivity index (χ1) is 14.1. The second kappa shape index (κ2) is 7.72. The van der Waals surface area contributed by atoms with E-state index in [1.807, 2.05) is 13.8 Å². The van der Waals surface area contributed by atoms with Crippen molar-refractivity contribution in [1.82, 2.24) is 4.31 Å². The van der Waals surface area contributed by atoms with E-state index < -0.39 is 52.6 Å². The maximum atomic E-state index is 15.2. The van der Waals surface area contributed by atoms with Gasteiger partial charge in [0.05, 0.1) is 37.0 Å². The predicted octanol–water partition coefficient (Wildman–Crippen LogP) is 3.18. The second-order valence-electron chi connectivity index (χ2n) is 9.49. The van der Waals surface area contributed by atoms with E-state index in [-0.39, 0.29) is 30.3 Å². The number of halogens is 2. The summed E-state index contributed by atoms with van der Waals surface area (Å²) >= 11 is 0. The molecule has 2 N–H and O–H groups in total. The maximum Gasteiger partial charge on any atom is 0.399 e. The molecule has 0 unspecified atom stereocenters. The Kier molecular flexibility index (Phi) is 6.23. The molecule has 31 heavy (non-hydrogen) atoms. The molecular formula is C19H33F2N2O6PS. The van der Waals surface area contributed by atoms with Gasteiger partial charge in [0.15, 0.2) is 0 Å². The van der Waals surface area contributed by atoms with Crippen molar-refractivity contribution in [3.63, 3.8) is 0 Å². The van der Waals surface area contributed by atoms with E-state index in [1.54, 1.807) is 0 Å². The number of nitrogens with zero attached hydrogens (tertiary/aromatic N) is 1. The van der Waals surface area contributed by atoms with E-state index in [1.165, 1.54) is 13.8 Å². The lowest BCUT2D eigenvalue weighted by Crippen LogP contribution is -2.55. The van der Waals surface area contributed by atoms with Crippen molar-refractivity contribution in [3.05, 3.63) is 0 Å². The molecule has 1 aliphatic heterocycles. The number of amides is 1. The van der Waals surface area contributed by atoms with Crippen LogP contribution in [0, 0.1) is 22.7 Å². The molecule has 1 heterocycles. The van der Waals surface area contributed by atoms with Crippen LogP contribution in [-0.4, -0.2) is 55.3 Å². The van der Waals surface area contributed by atoms with Gasteiger partial charge in [-0.2, -0.15) is 8.78 Å². The average Bonchev–Trinajstić information content (AvgIpc) is 3.14. The van der Waals surface area contributed by atoms with Gasteiger partial charge in [-0.15, -0.1) is 0 Å². The summed E-state index contributed by atoms with van der Waals surface area (Å²) in [5, 5.41) is 0. The maximum absolute atomic E-state index is 15.2. The first-order valence-corrected chi connectivity index (χ1v) is 13.9. The summed E-state index contributed by atoms with van der Waals surface area (Å²) in [6, 6.07) is -2.48. The van der Waals surface area contributed by atoms with Crippen molar-refractivity contribution in [2.45, 2.75) is 71.6 Å². The lowest BCUT2D eigenvalue weighted by atomic mass is 9.69. The number of fused-ring (bicyclic) bond motifs is 1. The molecule has 2 aliphatic carbocycles. The molecule has 1 amide bonds. The van der Waals surface area contributed by atoms with E-state index >= 15 is 8.78 Å². The van der Waals surface area contributed by atoms with E-state index in [9.17, 15) is 17.8 Å². The van der Waals surface area contributed by atoms with Gasteiger partial charge in [0, 0.05) is 5.41 Å². The van der Waals surface area contributed by atoms with Crippen LogP contribution in [0.2, 0.25) is 0 Å². The molecular weight excluding hydrogens is 453 g/mol. The molecule has 3 fully saturated rings. The molecule has 1 spiro atoms. The van der Waals surface area contributed by atoms with Crippen LogP contribution in [0.4, 0.5) is 8.78 Å². The van der Waals surface area contributed by atoms with Gasteiger partial charge >= 0.3 is 13.3 Å². The molecule has 0 radical (unpaired) electrons. The number of nitrogens with two attached hydrogens (primary N) is 1. The van der Waals surface area contributed by atoms with Gasteiger partial charge in [0.1, 0.15) is 0 Å². The highest BCUT2D eigenvalue weighted by atomic mass is 32.2. The summed E-state index contributed by atoms with van der Waals surface area (Å²) < 4.78 is 79.4. The van der Waals surface area contributed by atoms with Crippen LogP contribution < -0.4 is 5.73 Å². The highest BCUT2D eigenvalue weighted by Gasteiger charge is 2.73. The minimum atomic E-state index is -4.92. The molecule has 3 rings (SSSR count). The molecule has 12 heteroatoms. The number of carbonyl (C=O) groups is 1. The van der Waals surface area contributed by atoms with Crippen LogP contribution in [-0.2, 0) is 28.4 Å². The number of hydrogen-bond donors (Lipinski definition) is 1. The zero-order valence-corrected chi connectivity index (χ0v) is 20.3. The smallest absolute Gasteiger partial charge is 0.319 e. The quantitative estimate of drug-likeness (QED) is 0.524. The Morgan fingerprint density at radius 2 is 1.84 bits per heavy atom. The highest BCUT2D eigenvalue weighted by molar-refractivity contribution is 7.90. The van der Waals surface area contributed by atoms with Gasteiger partial charge in [-0.1, -0.05) is 20.8 Å². The molecule has 3 aliphatic rings. The number of carbonyl (C=O) groups excluding carboxylic acids is 1. The van der Waals surface area contributed by atoms with Crippen molar-refractivity contribution in [3.8, 4) is 0 Å². The van der Waals surface area contributed by atoms with E-state index in [2.05, 4.69) is 0 Å². The SMILES string of the molecule is CCOP(=O)(OCC)C(F)(F)[C@@H](C)[C@H](N)C(=O)N1[C@@H]2C[C@@H]3CC[C@@]2(CS1(=O)=O)C3(C)C. The van der Waals surface area contributed by atoms with Gasteiger partial charge in [0.25, 0.3) is 5.91 Å². The van der Waals surface area contributed by atoms with Crippen LogP contribution in [0.25, 0.3) is 0 Å². The van der Waals surface area contributed by atoms with Crippen LogP contribution in [0.3, 0.4) is 0 Å². The molecule has 0 aromatic rings. The largest absolute Gasteiger partial charge is 0.399 e. The first kappa shape index (κ1) is 25.0. The topological polar surface area (TPSA) is 116 Å². The van der Waals surface area contributed by atoms with Gasteiger partial charge in [-0.25, -0.2) is 12.7 Å². The highest BCUT2D eigenvalue weighted by Crippen LogP contribution is 2.70. The number of alkyl halides is 2. The number of sulfonamides is 1. The molecule has 2 bridgehead atoms. The van der Waals surface area contributed by atoms with E-state index in [0.717, 1.165) is 17.6 Å². The van der Waals surface area contributed by atoms with Gasteiger partial charge < -0.3 is 14.8 Å². The van der Waals surface area contributed by atoms with Gasteiger partial charge in [-0.05, 0) is 44.4 Å². The van der Waals surface area contributed by atoms with Crippen molar-refractivity contribution < 1.29 is 35.6 Å².